The van der Waals surface area contributed by atoms with Gasteiger partial charge in [0.2, 0.25) is 0 Å². The molecule has 1 aromatic carbocycles. The molecule has 3 fully saturated rings. The van der Waals surface area contributed by atoms with E-state index in [0.717, 1.165) is 30.3 Å². The summed E-state index contributed by atoms with van der Waals surface area (Å²) in [6.07, 6.45) is 3.28. The van der Waals surface area contributed by atoms with E-state index in [1.165, 1.54) is 12.1 Å². The molecule has 1 aromatic heterocycles. The normalized spacial score (nSPS) is 22.9. The molecule has 0 radical (unpaired) electrons. The van der Waals surface area contributed by atoms with Gasteiger partial charge in [-0.1, -0.05) is 0 Å². The molecular weight excluding hydrogens is 276 g/mol. The Morgan fingerprint density at radius 2 is 1.86 bits per heavy atom. The van der Waals surface area contributed by atoms with E-state index >= 15 is 0 Å². The number of hydrogen-bond acceptors (Lipinski definition) is 5. The lowest BCUT2D eigenvalue weighted by atomic mass is 9.91. The van der Waals surface area contributed by atoms with Gasteiger partial charge in [-0.3, -0.25) is 0 Å². The summed E-state index contributed by atoms with van der Waals surface area (Å²) < 4.78 is 5.16. The first-order valence-corrected chi connectivity index (χ1v) is 7.68. The molecule has 0 spiro atoms. The van der Waals surface area contributed by atoms with Gasteiger partial charge < -0.3 is 20.3 Å². The van der Waals surface area contributed by atoms with Gasteiger partial charge in [0.25, 0.3) is 0 Å². The minimum Gasteiger partial charge on any atom is -0.497 e. The molecule has 114 valence electrons. The molecule has 2 aromatic rings. The highest BCUT2D eigenvalue weighted by atomic mass is 16.5. The van der Waals surface area contributed by atoms with Crippen molar-refractivity contribution in [2.75, 3.05) is 30.4 Å². The maximum Gasteiger partial charge on any atom is 0.130 e. The summed E-state index contributed by atoms with van der Waals surface area (Å²) in [6.45, 7) is 2.17. The number of aromatic nitrogens is 1. The number of methoxy groups -OCH3 is 1. The van der Waals surface area contributed by atoms with Crippen molar-refractivity contribution in [3.05, 3.63) is 42.6 Å². The lowest BCUT2D eigenvalue weighted by Gasteiger charge is -2.49. The van der Waals surface area contributed by atoms with E-state index in [-0.39, 0.29) is 0 Å². The van der Waals surface area contributed by atoms with Crippen LogP contribution in [0.2, 0.25) is 0 Å². The minimum atomic E-state index is 0.663. The molecule has 4 heterocycles. The highest BCUT2D eigenvalue weighted by Gasteiger charge is 2.36. The van der Waals surface area contributed by atoms with E-state index in [2.05, 4.69) is 26.6 Å². The molecule has 2 atom stereocenters. The number of ether oxygens (including phenoxy) is 1. The van der Waals surface area contributed by atoms with Crippen LogP contribution in [0.25, 0.3) is 0 Å². The largest absolute Gasteiger partial charge is 0.497 e. The van der Waals surface area contributed by atoms with E-state index in [9.17, 15) is 0 Å². The summed E-state index contributed by atoms with van der Waals surface area (Å²) >= 11 is 0. The quantitative estimate of drug-likeness (QED) is 0.907. The molecule has 2 unspecified atom stereocenters. The highest BCUT2D eigenvalue weighted by molar-refractivity contribution is 5.59. The summed E-state index contributed by atoms with van der Waals surface area (Å²) in [5.74, 6) is 1.71. The SMILES string of the molecule is COc1ccc(Nc2ccc(N3CC4CC(C3)N4)cn2)cc1. The first-order valence-electron chi connectivity index (χ1n) is 7.68. The summed E-state index contributed by atoms with van der Waals surface area (Å²) in [6, 6.07) is 13.3. The van der Waals surface area contributed by atoms with Crippen LogP contribution < -0.4 is 20.3 Å². The third kappa shape index (κ3) is 2.60. The van der Waals surface area contributed by atoms with Crippen LogP contribution >= 0.6 is 0 Å². The fourth-order valence-electron chi connectivity index (χ4n) is 3.19. The summed E-state index contributed by atoms with van der Waals surface area (Å²) in [4.78, 5) is 6.94. The fraction of sp³-hybridized carbons (Fsp3) is 0.353. The second kappa shape index (κ2) is 5.50. The van der Waals surface area contributed by atoms with Gasteiger partial charge >= 0.3 is 0 Å². The number of hydrogen-bond donors (Lipinski definition) is 2. The Morgan fingerprint density at radius 3 is 2.45 bits per heavy atom. The average Bonchev–Trinajstić information content (AvgIpc) is 2.56. The lowest BCUT2D eigenvalue weighted by Crippen LogP contribution is -2.67. The van der Waals surface area contributed by atoms with Gasteiger partial charge in [0.05, 0.1) is 19.0 Å². The van der Waals surface area contributed by atoms with Gasteiger partial charge in [-0.2, -0.15) is 0 Å². The number of piperazine rings is 1. The Balaban J connectivity index is 1.42. The van der Waals surface area contributed by atoms with Crippen molar-refractivity contribution in [2.24, 2.45) is 0 Å². The number of benzene rings is 1. The first kappa shape index (κ1) is 13.4. The molecule has 0 aliphatic carbocycles. The second-order valence-electron chi connectivity index (χ2n) is 5.96. The van der Waals surface area contributed by atoms with Crippen LogP contribution in [-0.2, 0) is 0 Å². The number of fused-ring (bicyclic) bond motifs is 2. The van der Waals surface area contributed by atoms with Gasteiger partial charge in [-0.15, -0.1) is 0 Å². The molecule has 2 N–H and O–H groups in total. The monoisotopic (exact) mass is 296 g/mol. The van der Waals surface area contributed by atoms with Crippen LogP contribution in [-0.4, -0.2) is 37.3 Å². The third-order valence-corrected chi connectivity index (χ3v) is 4.40. The Hall–Kier alpha value is -2.27. The van der Waals surface area contributed by atoms with Crippen LogP contribution in [0.4, 0.5) is 17.2 Å². The molecule has 22 heavy (non-hydrogen) atoms. The van der Waals surface area contributed by atoms with Crippen LogP contribution in [0.1, 0.15) is 6.42 Å². The molecule has 3 aliphatic rings. The van der Waals surface area contributed by atoms with Crippen molar-refractivity contribution in [3.63, 3.8) is 0 Å². The van der Waals surface area contributed by atoms with Crippen LogP contribution in [0, 0.1) is 0 Å². The van der Waals surface area contributed by atoms with Crippen molar-refractivity contribution >= 4 is 17.2 Å². The fourth-order valence-corrected chi connectivity index (χ4v) is 3.19. The maximum atomic E-state index is 5.16. The van der Waals surface area contributed by atoms with Gasteiger partial charge in [0, 0.05) is 30.9 Å². The van der Waals surface area contributed by atoms with Gasteiger partial charge in [0.1, 0.15) is 11.6 Å². The number of nitrogens with one attached hydrogen (secondary N) is 2. The van der Waals surface area contributed by atoms with Crippen molar-refractivity contribution < 1.29 is 4.74 Å². The Labute approximate surface area is 130 Å². The summed E-state index contributed by atoms with van der Waals surface area (Å²) in [5, 5.41) is 6.85. The Bertz CT molecular complexity index is 625. The van der Waals surface area contributed by atoms with Crippen LogP contribution in [0.5, 0.6) is 5.75 Å². The molecule has 0 amide bonds. The zero-order valence-corrected chi connectivity index (χ0v) is 12.6. The standard InChI is InChI=1S/C17H20N4O/c1-22-16-5-2-12(3-6-16)20-17-7-4-15(9-18-17)21-10-13-8-14(11-21)19-13/h2-7,9,13-14,19H,8,10-11H2,1H3,(H,18,20). The van der Waals surface area contributed by atoms with Crippen molar-refractivity contribution in [3.8, 4) is 5.75 Å². The number of piperidine rings is 1. The minimum absolute atomic E-state index is 0.663. The number of rotatable bonds is 4. The van der Waals surface area contributed by atoms with Gasteiger partial charge in [0.15, 0.2) is 0 Å². The molecule has 0 saturated carbocycles. The van der Waals surface area contributed by atoms with E-state index in [1.54, 1.807) is 7.11 Å². The zero-order valence-electron chi connectivity index (χ0n) is 12.6. The molecule has 5 rings (SSSR count). The van der Waals surface area contributed by atoms with Crippen molar-refractivity contribution in [2.45, 2.75) is 18.5 Å². The highest BCUT2D eigenvalue weighted by Crippen LogP contribution is 2.26. The molecule has 2 bridgehead atoms. The molecule has 3 aliphatic heterocycles. The third-order valence-electron chi connectivity index (χ3n) is 4.40. The predicted molar refractivity (Wildman–Crippen MR) is 88.1 cm³/mol. The van der Waals surface area contributed by atoms with Gasteiger partial charge in [-0.25, -0.2) is 4.98 Å². The van der Waals surface area contributed by atoms with E-state index in [0.29, 0.717) is 12.1 Å². The number of anilines is 3. The average molecular weight is 296 g/mol. The molecule has 5 heteroatoms. The predicted octanol–water partition coefficient (Wildman–Crippen LogP) is 2.38. The van der Waals surface area contributed by atoms with Gasteiger partial charge in [-0.05, 0) is 42.8 Å². The summed E-state index contributed by atoms with van der Waals surface area (Å²) in [5.41, 5.74) is 2.21. The molecule has 5 nitrogen and oxygen atoms in total. The van der Waals surface area contributed by atoms with Crippen LogP contribution in [0.15, 0.2) is 42.6 Å². The van der Waals surface area contributed by atoms with E-state index < -0.39 is 0 Å². The number of pyridine rings is 1. The lowest BCUT2D eigenvalue weighted by molar-refractivity contribution is 0.226. The summed E-state index contributed by atoms with van der Waals surface area (Å²) in [7, 11) is 1.67. The number of nitrogens with zero attached hydrogens (tertiary/aromatic N) is 2. The smallest absolute Gasteiger partial charge is 0.130 e. The Kier molecular flexibility index (Phi) is 3.35. The Morgan fingerprint density at radius 1 is 1.14 bits per heavy atom. The van der Waals surface area contributed by atoms with Crippen LogP contribution in [0.3, 0.4) is 0 Å². The van der Waals surface area contributed by atoms with E-state index in [1.807, 2.05) is 36.5 Å². The molecular formula is C17H20N4O. The topological polar surface area (TPSA) is 49.4 Å². The first-order chi connectivity index (χ1) is 10.8. The molecule has 3 saturated heterocycles. The maximum absolute atomic E-state index is 5.16. The van der Waals surface area contributed by atoms with Crippen molar-refractivity contribution in [1.29, 1.82) is 0 Å². The zero-order chi connectivity index (χ0) is 14.9. The van der Waals surface area contributed by atoms with Crippen molar-refractivity contribution in [1.82, 2.24) is 10.3 Å². The van der Waals surface area contributed by atoms with E-state index in [4.69, 9.17) is 4.74 Å². The second-order valence-corrected chi connectivity index (χ2v) is 5.96.